The van der Waals surface area contributed by atoms with Crippen molar-refractivity contribution in [3.8, 4) is 0 Å². The first-order chi connectivity index (χ1) is 20.7. The van der Waals surface area contributed by atoms with Gasteiger partial charge in [0, 0.05) is 43.5 Å². The number of aromatic nitrogens is 1. The number of carbonyl (C=O) groups is 5. The third-order valence-corrected chi connectivity index (χ3v) is 9.32. The van der Waals surface area contributed by atoms with Crippen LogP contribution < -0.4 is 0 Å². The molecule has 1 fully saturated rings. The summed E-state index contributed by atoms with van der Waals surface area (Å²) < 4.78 is 11.3. The number of likely N-dealkylation sites (tertiary alicyclic amines) is 1. The van der Waals surface area contributed by atoms with E-state index in [-0.39, 0.29) is 67.2 Å². The molecule has 1 amide bonds. The average molecular weight is 638 g/mol. The van der Waals surface area contributed by atoms with E-state index in [4.69, 9.17) is 9.47 Å². The first kappa shape index (κ1) is 37.3. The molecule has 0 aromatic carbocycles. The number of thiazole rings is 1. The van der Waals surface area contributed by atoms with E-state index in [1.807, 2.05) is 48.6 Å². The molecule has 2 rings (SSSR count). The summed E-state index contributed by atoms with van der Waals surface area (Å²) >= 11 is 1.06. The predicted molar refractivity (Wildman–Crippen MR) is 167 cm³/mol. The molecule has 0 radical (unpaired) electrons. The number of rotatable bonds is 17. The zero-order valence-electron chi connectivity index (χ0n) is 27.5. The monoisotopic (exact) mass is 637 g/mol. The fourth-order valence-corrected chi connectivity index (χ4v) is 6.47. The van der Waals surface area contributed by atoms with Crippen molar-refractivity contribution in [3.63, 3.8) is 0 Å². The minimum Gasteiger partial charge on any atom is -0.476 e. The lowest BCUT2D eigenvalue weighted by atomic mass is 9.82. The van der Waals surface area contributed by atoms with Gasteiger partial charge in [0.2, 0.25) is 5.91 Å². The number of aromatic carboxylic acids is 1. The zero-order chi connectivity index (χ0) is 33.1. The topological polar surface area (TPSA) is 143 Å². The number of esters is 2. The molecule has 248 valence electrons. The molecular weight excluding hydrogens is 586 g/mol. The Bertz CT molecular complexity index is 1140. The Morgan fingerprint density at radius 3 is 2.32 bits per heavy atom. The van der Waals surface area contributed by atoms with Gasteiger partial charge in [0.15, 0.2) is 24.3 Å². The Labute approximate surface area is 265 Å². The van der Waals surface area contributed by atoms with E-state index >= 15 is 0 Å². The molecule has 11 nitrogen and oxygen atoms in total. The highest BCUT2D eigenvalue weighted by molar-refractivity contribution is 7.09. The molecule has 1 aliphatic rings. The van der Waals surface area contributed by atoms with Crippen molar-refractivity contribution in [1.29, 1.82) is 0 Å². The summed E-state index contributed by atoms with van der Waals surface area (Å²) in [6.07, 6.45) is 2.87. The van der Waals surface area contributed by atoms with Gasteiger partial charge in [0.05, 0.1) is 6.04 Å². The summed E-state index contributed by atoms with van der Waals surface area (Å²) in [5.41, 5.74) is -0.165. The fourth-order valence-electron chi connectivity index (χ4n) is 5.63. The van der Waals surface area contributed by atoms with E-state index in [0.717, 1.165) is 37.1 Å². The number of piperidine rings is 1. The van der Waals surface area contributed by atoms with Gasteiger partial charge < -0.3 is 19.5 Å². The first-order valence-electron chi connectivity index (χ1n) is 15.7. The van der Waals surface area contributed by atoms with Crippen molar-refractivity contribution in [1.82, 2.24) is 14.8 Å². The Morgan fingerprint density at radius 1 is 1.11 bits per heavy atom. The van der Waals surface area contributed by atoms with Crippen molar-refractivity contribution < 1.29 is 38.6 Å². The van der Waals surface area contributed by atoms with E-state index in [0.29, 0.717) is 11.4 Å². The fraction of sp³-hybridized carbons (Fsp3) is 0.750. The molecule has 1 N–H and O–H groups in total. The number of nitrogens with zero attached hydrogens (tertiary/aromatic N) is 3. The van der Waals surface area contributed by atoms with Crippen molar-refractivity contribution in [2.45, 2.75) is 112 Å². The van der Waals surface area contributed by atoms with Gasteiger partial charge in [-0.05, 0) is 44.2 Å². The molecule has 12 heteroatoms. The molecule has 1 aromatic rings. The third-order valence-electron chi connectivity index (χ3n) is 8.38. The minimum atomic E-state index is -1.20. The molecule has 0 saturated carbocycles. The summed E-state index contributed by atoms with van der Waals surface area (Å²) in [6, 6.07) is -0.821. The number of ketones is 1. The largest absolute Gasteiger partial charge is 0.476 e. The van der Waals surface area contributed by atoms with E-state index in [2.05, 4.69) is 9.88 Å². The maximum absolute atomic E-state index is 14.5. The lowest BCUT2D eigenvalue weighted by Gasteiger charge is -2.39. The van der Waals surface area contributed by atoms with Crippen LogP contribution in [0.15, 0.2) is 5.38 Å². The van der Waals surface area contributed by atoms with Gasteiger partial charge in [0.25, 0.3) is 0 Å². The standard InChI is InChI=1S/C32H51N3O8S/c1-9-21(6)23(15-27(37)25-12-10-11-13-34(25)8)31(39)35(18-42-29(38)14-19(2)3)26(20(4)5)16-28(43-22(7)36)30-33-24(17-44-30)32(40)41/h17,19-21,23,25-26,28H,9-16,18H2,1-8H3,(H,40,41)/t21-,23-,25+,26+,28+/m0/s1. The number of likely N-dealkylation sites (N-methyl/N-ethyl adjacent to an activating group) is 1. The number of carboxylic acid groups (broad SMARTS) is 1. The molecule has 0 unspecified atom stereocenters. The SMILES string of the molecule is CC[C@H](C)[C@H](CC(=O)[C@H]1CCCCN1C)C(=O)N(COC(=O)CC(C)C)[C@H](C[C@@H](OC(C)=O)c1nc(C(=O)O)cs1)C(C)C. The summed E-state index contributed by atoms with van der Waals surface area (Å²) in [7, 11) is 1.95. The second kappa shape index (κ2) is 17.6. The second-order valence-corrected chi connectivity index (χ2v) is 13.6. The van der Waals surface area contributed by atoms with Crippen LogP contribution in [-0.2, 0) is 28.7 Å². The molecule has 44 heavy (non-hydrogen) atoms. The smallest absolute Gasteiger partial charge is 0.355 e. The number of Topliss-reactive ketones (excluding diaryl/α,β-unsaturated/α-hetero) is 1. The zero-order valence-corrected chi connectivity index (χ0v) is 28.4. The van der Waals surface area contributed by atoms with E-state index < -0.39 is 36.0 Å². The molecule has 1 saturated heterocycles. The van der Waals surface area contributed by atoms with Gasteiger partial charge >= 0.3 is 17.9 Å². The molecule has 0 bridgehead atoms. The van der Waals surface area contributed by atoms with Crippen LogP contribution in [0.4, 0.5) is 0 Å². The average Bonchev–Trinajstić information content (AvgIpc) is 3.44. The van der Waals surface area contributed by atoms with Crippen LogP contribution in [0.3, 0.4) is 0 Å². The Hall–Kier alpha value is -2.86. The highest BCUT2D eigenvalue weighted by Crippen LogP contribution is 2.33. The molecule has 2 heterocycles. The van der Waals surface area contributed by atoms with Crippen molar-refractivity contribution >= 4 is 40.9 Å². The van der Waals surface area contributed by atoms with E-state index in [1.54, 1.807) is 0 Å². The summed E-state index contributed by atoms with van der Waals surface area (Å²) in [5, 5.41) is 11.1. The van der Waals surface area contributed by atoms with Gasteiger partial charge in [-0.2, -0.15) is 0 Å². The second-order valence-electron chi connectivity index (χ2n) is 12.7. The van der Waals surface area contributed by atoms with Crippen LogP contribution in [0.2, 0.25) is 0 Å². The Morgan fingerprint density at radius 2 is 1.80 bits per heavy atom. The van der Waals surface area contributed by atoms with Crippen molar-refractivity contribution in [3.05, 3.63) is 16.1 Å². The third kappa shape index (κ3) is 10.9. The lowest BCUT2D eigenvalue weighted by molar-refractivity contribution is -0.162. The number of amides is 1. The number of hydrogen-bond donors (Lipinski definition) is 1. The molecule has 0 aliphatic carbocycles. The van der Waals surface area contributed by atoms with Crippen LogP contribution in [0, 0.1) is 23.7 Å². The molecular formula is C32H51N3O8S. The van der Waals surface area contributed by atoms with Crippen LogP contribution >= 0.6 is 11.3 Å². The van der Waals surface area contributed by atoms with Crippen LogP contribution in [-0.4, -0.2) is 81.9 Å². The van der Waals surface area contributed by atoms with Crippen LogP contribution in [0.25, 0.3) is 0 Å². The molecule has 5 atom stereocenters. The van der Waals surface area contributed by atoms with Crippen LogP contribution in [0.1, 0.15) is 115 Å². The van der Waals surface area contributed by atoms with Crippen molar-refractivity contribution in [2.24, 2.45) is 23.7 Å². The lowest BCUT2D eigenvalue weighted by Crippen LogP contribution is -2.50. The highest BCUT2D eigenvalue weighted by atomic mass is 32.1. The first-order valence-corrected chi connectivity index (χ1v) is 16.6. The molecule has 0 spiro atoms. The highest BCUT2D eigenvalue weighted by Gasteiger charge is 2.39. The number of carboxylic acids is 1. The maximum atomic E-state index is 14.5. The van der Waals surface area contributed by atoms with Crippen molar-refractivity contribution in [2.75, 3.05) is 20.3 Å². The molecule has 1 aliphatic heterocycles. The Balaban J connectivity index is 2.49. The van der Waals surface area contributed by atoms with Gasteiger partial charge in [0.1, 0.15) is 5.01 Å². The van der Waals surface area contributed by atoms with Gasteiger partial charge in [-0.25, -0.2) is 9.78 Å². The molecule has 1 aromatic heterocycles. The quantitative estimate of drug-likeness (QED) is 0.176. The number of carbonyl (C=O) groups excluding carboxylic acids is 4. The van der Waals surface area contributed by atoms with E-state index in [9.17, 15) is 29.1 Å². The predicted octanol–water partition coefficient (Wildman–Crippen LogP) is 5.34. The summed E-state index contributed by atoms with van der Waals surface area (Å²) in [6.45, 7) is 13.3. The summed E-state index contributed by atoms with van der Waals surface area (Å²) in [4.78, 5) is 72.1. The van der Waals surface area contributed by atoms with E-state index in [1.165, 1.54) is 17.2 Å². The van der Waals surface area contributed by atoms with Gasteiger partial charge in [-0.15, -0.1) is 11.3 Å². The maximum Gasteiger partial charge on any atom is 0.355 e. The van der Waals surface area contributed by atoms with Gasteiger partial charge in [-0.3, -0.25) is 24.1 Å². The van der Waals surface area contributed by atoms with Crippen LogP contribution in [0.5, 0.6) is 0 Å². The normalized spacial score (nSPS) is 18.4. The summed E-state index contributed by atoms with van der Waals surface area (Å²) in [5.74, 6) is -3.37. The Kier molecular flexibility index (Phi) is 14.9. The van der Waals surface area contributed by atoms with Gasteiger partial charge in [-0.1, -0.05) is 54.4 Å². The minimum absolute atomic E-state index is 0.0328. The number of hydrogen-bond acceptors (Lipinski definition) is 10. The number of ether oxygens (including phenoxy) is 2.